The van der Waals surface area contributed by atoms with Gasteiger partial charge in [0, 0.05) is 55.9 Å². The van der Waals surface area contributed by atoms with Crippen molar-refractivity contribution in [3.8, 4) is 11.3 Å². The maximum Gasteiger partial charge on any atom is 0.211 e. The summed E-state index contributed by atoms with van der Waals surface area (Å²) in [5.74, 6) is 0.678. The highest BCUT2D eigenvalue weighted by Crippen LogP contribution is 2.29. The Morgan fingerprint density at radius 2 is 1.97 bits per heavy atom. The van der Waals surface area contributed by atoms with E-state index < -0.39 is 10.0 Å². The summed E-state index contributed by atoms with van der Waals surface area (Å²) in [7, 11) is -3.15. The Hall–Kier alpha value is -3.09. The smallest absolute Gasteiger partial charge is 0.211 e. The summed E-state index contributed by atoms with van der Waals surface area (Å²) in [6, 6.07) is 7.74. The maximum atomic E-state index is 11.7. The first-order chi connectivity index (χ1) is 15.0. The van der Waals surface area contributed by atoms with E-state index in [1.165, 1.54) is 21.9 Å². The highest BCUT2D eigenvalue weighted by molar-refractivity contribution is 7.88. The molecule has 0 spiro atoms. The average molecular weight is 457 g/mol. The van der Waals surface area contributed by atoms with Gasteiger partial charge in [0.25, 0.3) is 0 Å². The molecule has 4 aromatic rings. The van der Waals surface area contributed by atoms with Gasteiger partial charge in [-0.25, -0.2) is 23.4 Å². The van der Waals surface area contributed by atoms with E-state index in [9.17, 15) is 8.42 Å². The van der Waals surface area contributed by atoms with Crippen molar-refractivity contribution in [3.05, 3.63) is 42.9 Å². The summed E-state index contributed by atoms with van der Waals surface area (Å²) >= 11 is 1.46. The molecule has 5 heterocycles. The first kappa shape index (κ1) is 19.8. The van der Waals surface area contributed by atoms with Gasteiger partial charge in [0.2, 0.25) is 10.0 Å². The molecule has 2 N–H and O–H groups in total. The molecule has 1 aliphatic heterocycles. The lowest BCUT2D eigenvalue weighted by atomic mass is 10.2. The number of anilines is 3. The third kappa shape index (κ3) is 4.22. The van der Waals surface area contributed by atoms with E-state index in [1.807, 2.05) is 24.3 Å². The number of piperazine rings is 1. The SMILES string of the molecule is CS(=O)(=O)N1CCN(c2ccnc(Nc3nc4ccc(-c5cn[nH]c5)nc4s3)c2)CC1. The molecule has 0 unspecified atom stereocenters. The molecule has 0 atom stereocenters. The zero-order valence-corrected chi connectivity index (χ0v) is 18.3. The second-order valence-corrected chi connectivity index (χ2v) is 10.2. The molecule has 160 valence electrons. The Morgan fingerprint density at radius 3 is 2.71 bits per heavy atom. The van der Waals surface area contributed by atoms with Crippen LogP contribution in [0.5, 0.6) is 0 Å². The molecule has 0 bridgehead atoms. The quantitative estimate of drug-likeness (QED) is 0.469. The van der Waals surface area contributed by atoms with Crippen LogP contribution in [0.15, 0.2) is 42.9 Å². The summed E-state index contributed by atoms with van der Waals surface area (Å²) < 4.78 is 25.0. The molecule has 0 radical (unpaired) electrons. The number of nitrogens with one attached hydrogen (secondary N) is 2. The van der Waals surface area contributed by atoms with Gasteiger partial charge in [0.15, 0.2) is 5.13 Å². The first-order valence-electron chi connectivity index (χ1n) is 9.66. The third-order valence-electron chi connectivity index (χ3n) is 5.10. The summed E-state index contributed by atoms with van der Waals surface area (Å²) in [6.07, 6.45) is 6.53. The van der Waals surface area contributed by atoms with Crippen LogP contribution in [0.2, 0.25) is 0 Å². The van der Waals surface area contributed by atoms with Crippen molar-refractivity contribution in [1.29, 1.82) is 0 Å². The lowest BCUT2D eigenvalue weighted by Crippen LogP contribution is -2.48. The molecule has 12 heteroatoms. The van der Waals surface area contributed by atoms with Gasteiger partial charge in [-0.3, -0.25) is 5.10 Å². The molecular formula is C19H20N8O2S2. The Morgan fingerprint density at radius 1 is 1.13 bits per heavy atom. The van der Waals surface area contributed by atoms with Crippen molar-refractivity contribution in [3.63, 3.8) is 0 Å². The van der Waals surface area contributed by atoms with Crippen LogP contribution in [0.4, 0.5) is 16.6 Å². The third-order valence-corrected chi connectivity index (χ3v) is 7.28. The number of rotatable bonds is 5. The van der Waals surface area contributed by atoms with Gasteiger partial charge in [0.1, 0.15) is 16.2 Å². The van der Waals surface area contributed by atoms with Gasteiger partial charge in [-0.2, -0.15) is 9.40 Å². The number of aromatic amines is 1. The second kappa shape index (κ2) is 7.87. The van der Waals surface area contributed by atoms with Gasteiger partial charge in [-0.1, -0.05) is 11.3 Å². The molecule has 4 aromatic heterocycles. The molecule has 1 aliphatic rings. The molecule has 1 saturated heterocycles. The molecule has 0 aromatic carbocycles. The van der Waals surface area contributed by atoms with Crippen LogP contribution in [-0.2, 0) is 10.0 Å². The number of H-pyrrole nitrogens is 1. The van der Waals surface area contributed by atoms with Gasteiger partial charge in [0.05, 0.1) is 18.1 Å². The van der Waals surface area contributed by atoms with Crippen LogP contribution < -0.4 is 10.2 Å². The van der Waals surface area contributed by atoms with Gasteiger partial charge >= 0.3 is 0 Å². The van der Waals surface area contributed by atoms with Crippen molar-refractivity contribution < 1.29 is 8.42 Å². The molecule has 5 rings (SSSR count). The van der Waals surface area contributed by atoms with Gasteiger partial charge < -0.3 is 10.2 Å². The number of aromatic nitrogens is 5. The summed E-state index contributed by atoms with van der Waals surface area (Å²) in [4.78, 5) is 16.7. The van der Waals surface area contributed by atoms with Crippen LogP contribution >= 0.6 is 11.3 Å². The Bertz CT molecular complexity index is 1310. The molecule has 31 heavy (non-hydrogen) atoms. The highest BCUT2D eigenvalue weighted by Gasteiger charge is 2.23. The lowest BCUT2D eigenvalue weighted by Gasteiger charge is -2.34. The number of hydrogen-bond donors (Lipinski definition) is 2. The normalized spacial score (nSPS) is 15.5. The monoisotopic (exact) mass is 456 g/mol. The van der Waals surface area contributed by atoms with Crippen LogP contribution in [0.3, 0.4) is 0 Å². The molecule has 0 saturated carbocycles. The second-order valence-electron chi connectivity index (χ2n) is 7.20. The predicted octanol–water partition coefficient (Wildman–Crippen LogP) is 2.30. The molecule has 10 nitrogen and oxygen atoms in total. The van der Waals surface area contributed by atoms with Crippen LogP contribution in [0, 0.1) is 0 Å². The number of nitrogens with zero attached hydrogens (tertiary/aromatic N) is 6. The Labute approximate surface area is 183 Å². The van der Waals surface area contributed by atoms with Crippen molar-refractivity contribution in [2.75, 3.05) is 42.7 Å². The van der Waals surface area contributed by atoms with Crippen LogP contribution in [-0.4, -0.2) is 70.3 Å². The molecule has 1 fully saturated rings. The van der Waals surface area contributed by atoms with Crippen LogP contribution in [0.25, 0.3) is 21.6 Å². The minimum absolute atomic E-state index is 0.479. The van der Waals surface area contributed by atoms with Crippen molar-refractivity contribution in [2.24, 2.45) is 0 Å². The van der Waals surface area contributed by atoms with Crippen LogP contribution in [0.1, 0.15) is 0 Å². The summed E-state index contributed by atoms with van der Waals surface area (Å²) in [5.41, 5.74) is 3.57. The number of fused-ring (bicyclic) bond motifs is 1. The zero-order chi connectivity index (χ0) is 21.4. The fourth-order valence-electron chi connectivity index (χ4n) is 3.49. The van der Waals surface area contributed by atoms with E-state index in [0.29, 0.717) is 37.1 Å². The standard InChI is InChI=1S/C19H20N8O2S2/c1-31(28,29)27-8-6-26(7-9-27)14-4-5-20-17(10-14)25-19-24-16-3-2-15(23-18(16)30-19)13-11-21-22-12-13/h2-5,10-12H,6-9H2,1H3,(H,21,22)(H,20,24,25). The maximum absolute atomic E-state index is 11.7. The minimum Gasteiger partial charge on any atom is -0.369 e. The summed E-state index contributed by atoms with van der Waals surface area (Å²) in [5, 5.41) is 10.7. The lowest BCUT2D eigenvalue weighted by molar-refractivity contribution is 0.388. The molecule has 0 aliphatic carbocycles. The first-order valence-corrected chi connectivity index (χ1v) is 12.3. The molecule has 0 amide bonds. The van der Waals surface area contributed by atoms with E-state index in [2.05, 4.69) is 35.4 Å². The number of hydrogen-bond acceptors (Lipinski definition) is 9. The van der Waals surface area contributed by atoms with E-state index in [4.69, 9.17) is 0 Å². The largest absolute Gasteiger partial charge is 0.369 e. The van der Waals surface area contributed by atoms with E-state index in [0.717, 1.165) is 27.3 Å². The minimum atomic E-state index is -3.15. The number of pyridine rings is 2. The van der Waals surface area contributed by atoms with Crippen molar-refractivity contribution >= 4 is 48.3 Å². The van der Waals surface area contributed by atoms with E-state index in [-0.39, 0.29) is 0 Å². The Balaban J connectivity index is 1.32. The van der Waals surface area contributed by atoms with Gasteiger partial charge in [-0.15, -0.1) is 0 Å². The summed E-state index contributed by atoms with van der Waals surface area (Å²) in [6.45, 7) is 2.23. The number of thiazole rings is 1. The topological polar surface area (TPSA) is 120 Å². The Kier molecular flexibility index (Phi) is 5.04. The number of sulfonamides is 1. The van der Waals surface area contributed by atoms with Crippen molar-refractivity contribution in [2.45, 2.75) is 0 Å². The van der Waals surface area contributed by atoms with Gasteiger partial charge in [-0.05, 0) is 18.2 Å². The van der Waals surface area contributed by atoms with E-state index >= 15 is 0 Å². The zero-order valence-electron chi connectivity index (χ0n) is 16.7. The molecular weight excluding hydrogens is 436 g/mol. The average Bonchev–Trinajstić information content (AvgIpc) is 3.42. The fourth-order valence-corrected chi connectivity index (χ4v) is 5.17. The van der Waals surface area contributed by atoms with Crippen molar-refractivity contribution in [1.82, 2.24) is 29.5 Å². The fraction of sp³-hybridized carbons (Fsp3) is 0.263. The highest BCUT2D eigenvalue weighted by atomic mass is 32.2. The van der Waals surface area contributed by atoms with E-state index in [1.54, 1.807) is 18.6 Å². The predicted molar refractivity (Wildman–Crippen MR) is 121 cm³/mol.